The van der Waals surface area contributed by atoms with Crippen LogP contribution in [0.15, 0.2) is 30.3 Å². The number of phenols is 1. The Morgan fingerprint density at radius 2 is 1.65 bits per heavy atom. The Morgan fingerprint density at radius 3 is 2.26 bits per heavy atom. The molecule has 1 saturated carbocycles. The highest BCUT2D eigenvalue weighted by molar-refractivity contribution is 6.37. The number of ether oxygens (including phenoxy) is 1. The quantitative estimate of drug-likeness (QED) is 0.271. The van der Waals surface area contributed by atoms with E-state index in [9.17, 15) is 19.5 Å². The molecule has 0 atom stereocenters. The molecule has 1 aliphatic carbocycles. The van der Waals surface area contributed by atoms with Crippen LogP contribution in [0.1, 0.15) is 55.3 Å². The molecule has 0 aliphatic heterocycles. The van der Waals surface area contributed by atoms with E-state index in [-0.39, 0.29) is 38.5 Å². The summed E-state index contributed by atoms with van der Waals surface area (Å²) in [6, 6.07) is 6.93. The van der Waals surface area contributed by atoms with E-state index in [2.05, 4.69) is 10.6 Å². The topological polar surface area (TPSA) is 125 Å². The molecule has 1 aliphatic rings. The first-order valence-corrected chi connectivity index (χ1v) is 11.8. The Kier molecular flexibility index (Phi) is 9.01. The van der Waals surface area contributed by atoms with Gasteiger partial charge in [0, 0.05) is 12.2 Å². The molecule has 0 unspecified atom stereocenters. The second kappa shape index (κ2) is 11.9. The minimum atomic E-state index is -1.27. The Labute approximate surface area is 207 Å². The number of nitrogens with one attached hydrogen (secondary N) is 2. The zero-order valence-electron chi connectivity index (χ0n) is 18.4. The van der Waals surface area contributed by atoms with E-state index in [1.807, 2.05) is 0 Å². The molecule has 1 fully saturated rings. The number of hydrogen-bond acceptors (Lipinski definition) is 5. The Morgan fingerprint density at radius 1 is 1.00 bits per heavy atom. The summed E-state index contributed by atoms with van der Waals surface area (Å²) >= 11 is 12.5. The number of aromatic hydroxyl groups is 1. The molecule has 2 amide bonds. The monoisotopic (exact) mass is 508 g/mol. The van der Waals surface area contributed by atoms with Crippen molar-refractivity contribution in [1.82, 2.24) is 5.32 Å². The average molecular weight is 509 g/mol. The molecule has 0 saturated heterocycles. The van der Waals surface area contributed by atoms with Crippen molar-refractivity contribution >= 4 is 46.7 Å². The van der Waals surface area contributed by atoms with Gasteiger partial charge in [-0.05, 0) is 49.1 Å². The maximum atomic E-state index is 12.7. The van der Waals surface area contributed by atoms with Crippen molar-refractivity contribution in [3.63, 3.8) is 0 Å². The largest absolute Gasteiger partial charge is 0.507 e. The zero-order valence-corrected chi connectivity index (χ0v) is 19.9. The summed E-state index contributed by atoms with van der Waals surface area (Å²) in [6.07, 6.45) is 6.25. The van der Waals surface area contributed by atoms with E-state index in [1.165, 1.54) is 56.0 Å². The highest BCUT2D eigenvalue weighted by atomic mass is 35.5. The van der Waals surface area contributed by atoms with Crippen molar-refractivity contribution in [1.29, 1.82) is 0 Å². The van der Waals surface area contributed by atoms with Crippen molar-refractivity contribution in [2.24, 2.45) is 5.92 Å². The molecule has 0 bridgehead atoms. The van der Waals surface area contributed by atoms with Crippen LogP contribution >= 0.6 is 23.2 Å². The molecule has 0 heterocycles. The maximum Gasteiger partial charge on any atom is 0.312 e. The number of rotatable bonds is 8. The van der Waals surface area contributed by atoms with Gasteiger partial charge in [0.2, 0.25) is 5.91 Å². The van der Waals surface area contributed by atoms with Crippen molar-refractivity contribution in [2.75, 3.05) is 11.9 Å². The van der Waals surface area contributed by atoms with Gasteiger partial charge in [-0.25, -0.2) is 0 Å². The highest BCUT2D eigenvalue weighted by Crippen LogP contribution is 2.39. The van der Waals surface area contributed by atoms with Gasteiger partial charge in [0.05, 0.1) is 15.6 Å². The Hall–Kier alpha value is -2.97. The number of carboxylic acid groups (broad SMARTS) is 1. The lowest BCUT2D eigenvalue weighted by Gasteiger charge is -2.16. The van der Waals surface area contributed by atoms with Gasteiger partial charge in [-0.3, -0.25) is 14.4 Å². The number of halogens is 2. The molecule has 0 radical (unpaired) electrons. The number of carbonyl (C=O) groups is 3. The van der Waals surface area contributed by atoms with Crippen LogP contribution in [0.3, 0.4) is 0 Å². The van der Waals surface area contributed by atoms with Gasteiger partial charge in [-0.1, -0.05) is 48.9 Å². The van der Waals surface area contributed by atoms with Crippen LogP contribution < -0.4 is 15.4 Å². The number of carboxylic acids is 1. The fourth-order valence-corrected chi connectivity index (χ4v) is 4.41. The second-order valence-corrected chi connectivity index (χ2v) is 9.05. The zero-order chi connectivity index (χ0) is 24.7. The maximum absolute atomic E-state index is 12.7. The van der Waals surface area contributed by atoms with Gasteiger partial charge in [-0.15, -0.1) is 0 Å². The molecular formula is C24H26Cl2N2O6. The van der Waals surface area contributed by atoms with Crippen LogP contribution in [0, 0.1) is 5.92 Å². The lowest BCUT2D eigenvalue weighted by Crippen LogP contribution is -2.29. The van der Waals surface area contributed by atoms with Gasteiger partial charge < -0.3 is 25.6 Å². The lowest BCUT2D eigenvalue weighted by atomic mass is 10.0. The first-order valence-electron chi connectivity index (χ1n) is 11.0. The van der Waals surface area contributed by atoms with Gasteiger partial charge in [0.1, 0.15) is 17.9 Å². The fourth-order valence-electron chi connectivity index (χ4n) is 3.85. The minimum absolute atomic E-state index is 0.0607. The van der Waals surface area contributed by atoms with E-state index < -0.39 is 24.2 Å². The van der Waals surface area contributed by atoms with Crippen molar-refractivity contribution in [3.05, 3.63) is 45.9 Å². The Balaban J connectivity index is 1.69. The molecule has 2 aromatic rings. The van der Waals surface area contributed by atoms with Gasteiger partial charge in [0.25, 0.3) is 5.91 Å². The van der Waals surface area contributed by atoms with Crippen molar-refractivity contribution in [3.8, 4) is 17.2 Å². The van der Waals surface area contributed by atoms with Crippen LogP contribution in [0.4, 0.5) is 5.69 Å². The molecule has 0 aromatic heterocycles. The van der Waals surface area contributed by atoms with Crippen LogP contribution in [-0.4, -0.2) is 34.5 Å². The molecular weight excluding hydrogens is 483 g/mol. The molecule has 4 N–H and O–H groups in total. The third-order valence-corrected chi connectivity index (χ3v) is 6.11. The Bertz CT molecular complexity index is 1040. The molecule has 34 heavy (non-hydrogen) atoms. The number of hydrogen-bond donors (Lipinski definition) is 4. The number of amides is 2. The van der Waals surface area contributed by atoms with Crippen molar-refractivity contribution in [2.45, 2.75) is 44.9 Å². The highest BCUT2D eigenvalue weighted by Gasteiger charge is 2.18. The number of anilines is 1. The van der Waals surface area contributed by atoms with Crippen LogP contribution in [0.25, 0.3) is 0 Å². The van der Waals surface area contributed by atoms with E-state index in [4.69, 9.17) is 33.0 Å². The van der Waals surface area contributed by atoms with Gasteiger partial charge in [-0.2, -0.15) is 0 Å². The number of phenolic OH excluding ortho intramolecular Hbond substituents is 1. The first kappa shape index (κ1) is 25.6. The van der Waals surface area contributed by atoms with E-state index in [0.29, 0.717) is 12.5 Å². The fraction of sp³-hybridized carbons (Fsp3) is 0.375. The molecule has 10 heteroatoms. The summed E-state index contributed by atoms with van der Waals surface area (Å²) in [5.41, 5.74) is 0.272. The van der Waals surface area contributed by atoms with Crippen LogP contribution in [0.2, 0.25) is 10.0 Å². The molecule has 2 aromatic carbocycles. The summed E-state index contributed by atoms with van der Waals surface area (Å²) in [4.78, 5) is 35.0. The summed E-state index contributed by atoms with van der Waals surface area (Å²) < 4.78 is 5.76. The lowest BCUT2D eigenvalue weighted by molar-refractivity contribution is -0.139. The van der Waals surface area contributed by atoms with E-state index in [1.54, 1.807) is 0 Å². The molecule has 3 rings (SSSR count). The van der Waals surface area contributed by atoms with Gasteiger partial charge in [0.15, 0.2) is 5.75 Å². The third-order valence-electron chi connectivity index (χ3n) is 5.55. The predicted molar refractivity (Wildman–Crippen MR) is 129 cm³/mol. The summed E-state index contributed by atoms with van der Waals surface area (Å²) in [6.45, 7) is 0.552. The number of benzene rings is 2. The predicted octanol–water partition coefficient (Wildman–Crippen LogP) is 5.60. The standard InChI is InChI=1S/C24H26Cl2N2O6/c25-18-9-15(28-21(30)12-22(31)32)10-19(26)23(18)34-16-7-8-20(29)17(11-16)24(33)27-13-14-5-3-1-2-4-6-14/h7-11,14,29H,1-6,12-13H2,(H,27,33)(H,28,30)(H,31,32). The third kappa shape index (κ3) is 7.27. The average Bonchev–Trinajstić information content (AvgIpc) is 3.04. The molecule has 0 spiro atoms. The van der Waals surface area contributed by atoms with E-state index >= 15 is 0 Å². The smallest absolute Gasteiger partial charge is 0.312 e. The summed E-state index contributed by atoms with van der Waals surface area (Å²) in [5.74, 6) is -1.85. The SMILES string of the molecule is O=C(O)CC(=O)Nc1cc(Cl)c(Oc2ccc(O)c(C(=O)NCC3CCCCCC3)c2)c(Cl)c1. The minimum Gasteiger partial charge on any atom is -0.507 e. The number of carbonyl (C=O) groups excluding carboxylic acids is 2. The summed E-state index contributed by atoms with van der Waals surface area (Å²) in [7, 11) is 0. The normalized spacial score (nSPS) is 14.2. The van der Waals surface area contributed by atoms with Crippen LogP contribution in [0.5, 0.6) is 17.2 Å². The summed E-state index contributed by atoms with van der Waals surface area (Å²) in [5, 5.41) is 24.3. The van der Waals surface area contributed by atoms with Crippen LogP contribution in [-0.2, 0) is 9.59 Å². The number of aliphatic carboxylic acids is 1. The van der Waals surface area contributed by atoms with Crippen molar-refractivity contribution < 1.29 is 29.3 Å². The van der Waals surface area contributed by atoms with E-state index in [0.717, 1.165) is 12.8 Å². The first-order chi connectivity index (χ1) is 16.2. The van der Waals surface area contributed by atoms with Gasteiger partial charge >= 0.3 is 5.97 Å². The molecule has 182 valence electrons. The molecule has 8 nitrogen and oxygen atoms in total. The second-order valence-electron chi connectivity index (χ2n) is 8.24.